The summed E-state index contributed by atoms with van der Waals surface area (Å²) in [6, 6.07) is 4.68. The van der Waals surface area contributed by atoms with Crippen LogP contribution < -0.4 is 4.74 Å². The molecule has 0 spiro atoms. The van der Waals surface area contributed by atoms with Crippen molar-refractivity contribution in [1.29, 1.82) is 0 Å². The molecule has 0 saturated carbocycles. The van der Waals surface area contributed by atoms with Gasteiger partial charge in [0, 0.05) is 35.3 Å². The van der Waals surface area contributed by atoms with Crippen LogP contribution in [0.15, 0.2) is 53.9 Å². The van der Waals surface area contributed by atoms with Gasteiger partial charge in [0.2, 0.25) is 20.9 Å². The number of hydrogen-bond donors (Lipinski definition) is 0. The van der Waals surface area contributed by atoms with E-state index in [2.05, 4.69) is 15.0 Å². The number of ether oxygens (including phenoxy) is 3. The van der Waals surface area contributed by atoms with E-state index in [0.29, 0.717) is 39.9 Å². The van der Waals surface area contributed by atoms with Gasteiger partial charge in [0.25, 0.3) is 0 Å². The number of pyridine rings is 1. The van der Waals surface area contributed by atoms with Crippen molar-refractivity contribution < 1.29 is 58.6 Å². The summed E-state index contributed by atoms with van der Waals surface area (Å²) < 4.78 is 122. The smallest absolute Gasteiger partial charge is 0.416 e. The van der Waals surface area contributed by atoms with Crippen molar-refractivity contribution in [2.24, 2.45) is 0 Å². The Hall–Kier alpha value is -5.26. The summed E-state index contributed by atoms with van der Waals surface area (Å²) in [5.74, 6) is -0.495. The second-order valence-corrected chi connectivity index (χ2v) is 14.0. The van der Waals surface area contributed by atoms with Crippen LogP contribution >= 0.6 is 0 Å². The summed E-state index contributed by atoms with van der Waals surface area (Å²) in [4.78, 5) is 39.0. The van der Waals surface area contributed by atoms with Crippen molar-refractivity contribution >= 4 is 21.9 Å². The maximum Gasteiger partial charge on any atom is 0.416 e. The van der Waals surface area contributed by atoms with Crippen molar-refractivity contribution in [3.63, 3.8) is 0 Å². The van der Waals surface area contributed by atoms with Crippen LogP contribution in [0.4, 0.5) is 31.1 Å². The summed E-state index contributed by atoms with van der Waals surface area (Å²) in [5.41, 5.74) is -0.483. The topological polar surface area (TPSA) is 138 Å². The third kappa shape index (κ3) is 7.51. The number of esters is 1. The molecule has 18 heteroatoms. The van der Waals surface area contributed by atoms with E-state index in [1.165, 1.54) is 33.5 Å². The summed E-state index contributed by atoms with van der Waals surface area (Å²) in [6.45, 7) is 4.38. The van der Waals surface area contributed by atoms with Gasteiger partial charge in [0.1, 0.15) is 6.10 Å². The minimum Gasteiger partial charge on any atom is -0.481 e. The van der Waals surface area contributed by atoms with Crippen molar-refractivity contribution in [2.75, 3.05) is 20.5 Å². The van der Waals surface area contributed by atoms with E-state index in [0.717, 1.165) is 11.2 Å². The van der Waals surface area contributed by atoms with Crippen LogP contribution in [0.25, 0.3) is 22.3 Å². The van der Waals surface area contributed by atoms with Gasteiger partial charge in [0.15, 0.2) is 0 Å². The monoisotopic (exact) mass is 752 g/mol. The number of carbonyl (C=O) groups excluding carboxylic acids is 2. The normalized spacial score (nSPS) is 16.5. The Balaban J connectivity index is 1.61. The number of nitrogens with zero attached hydrogens (tertiary/aromatic N) is 4. The number of amides is 1. The molecular weight excluding hydrogens is 722 g/mol. The molecule has 0 radical (unpaired) electrons. The molecule has 11 nitrogen and oxygen atoms in total. The number of aryl methyl sites for hydroxylation is 2. The fourth-order valence-electron chi connectivity index (χ4n) is 5.99. The van der Waals surface area contributed by atoms with Crippen LogP contribution in [-0.4, -0.2) is 66.8 Å². The highest BCUT2D eigenvalue weighted by atomic mass is 32.2. The first kappa shape index (κ1) is 38.0. The van der Waals surface area contributed by atoms with Crippen molar-refractivity contribution in [3.05, 3.63) is 87.9 Å². The number of benzene rings is 2. The number of sulfone groups is 1. The lowest BCUT2D eigenvalue weighted by Crippen LogP contribution is -2.32. The van der Waals surface area contributed by atoms with Crippen molar-refractivity contribution in [3.8, 4) is 28.1 Å². The standard InChI is InChI=1S/C34H30F6N4O7S/c1-16-7-20(30(45)50-5)8-17(2)27(16)21-11-24(29(49-4)41-13-21)25-14-42-31(52(6,47)48)43-26(25)15-44-18(3)28(51-32(44)46)19-9-22(33(35,36)37)12-23(10-19)34(38,39)40/h7-14,18,28H,15H2,1-6H3. The predicted octanol–water partition coefficient (Wildman–Crippen LogP) is 7.14. The van der Waals surface area contributed by atoms with Gasteiger partial charge in [-0.3, -0.25) is 4.90 Å². The number of aromatic nitrogens is 3. The summed E-state index contributed by atoms with van der Waals surface area (Å²) in [6.07, 6.45) is -9.42. The quantitative estimate of drug-likeness (QED) is 0.104. The van der Waals surface area contributed by atoms with Crippen molar-refractivity contribution in [1.82, 2.24) is 19.9 Å². The van der Waals surface area contributed by atoms with Gasteiger partial charge in [-0.1, -0.05) is 0 Å². The van der Waals surface area contributed by atoms with Crippen LogP contribution in [0, 0.1) is 13.8 Å². The lowest BCUT2D eigenvalue weighted by Gasteiger charge is -2.23. The molecule has 0 aliphatic carbocycles. The third-order valence-electron chi connectivity index (χ3n) is 8.41. The van der Waals surface area contributed by atoms with Crippen LogP contribution in [0.5, 0.6) is 5.88 Å². The number of halogens is 6. The molecule has 2 atom stereocenters. The lowest BCUT2D eigenvalue weighted by molar-refractivity contribution is -0.143. The number of hydrogen-bond acceptors (Lipinski definition) is 10. The van der Waals surface area contributed by atoms with E-state index in [1.807, 2.05) is 0 Å². The molecule has 1 fully saturated rings. The van der Waals surface area contributed by atoms with Crippen molar-refractivity contribution in [2.45, 2.75) is 57.0 Å². The van der Waals surface area contributed by atoms with Crippen LogP contribution in [0.1, 0.15) is 56.9 Å². The summed E-state index contributed by atoms with van der Waals surface area (Å²) >= 11 is 0. The lowest BCUT2D eigenvalue weighted by atomic mass is 9.92. The molecule has 4 aromatic rings. The van der Waals surface area contributed by atoms with E-state index in [4.69, 9.17) is 14.2 Å². The number of rotatable bonds is 8. The Morgan fingerprint density at radius 1 is 0.904 bits per heavy atom. The molecule has 1 aliphatic heterocycles. The largest absolute Gasteiger partial charge is 0.481 e. The number of carbonyl (C=O) groups is 2. The Kier molecular flexibility index (Phi) is 10.0. The Morgan fingerprint density at radius 2 is 1.50 bits per heavy atom. The molecule has 3 heterocycles. The predicted molar refractivity (Wildman–Crippen MR) is 172 cm³/mol. The van der Waals surface area contributed by atoms with E-state index in [9.17, 15) is 44.3 Å². The molecule has 52 heavy (non-hydrogen) atoms. The van der Waals surface area contributed by atoms with Crippen LogP contribution in [0.3, 0.4) is 0 Å². The first-order valence-corrected chi connectivity index (χ1v) is 17.1. The molecule has 1 aliphatic rings. The Morgan fingerprint density at radius 3 is 2.02 bits per heavy atom. The first-order valence-electron chi connectivity index (χ1n) is 15.2. The van der Waals surface area contributed by atoms with Crippen LogP contribution in [-0.2, 0) is 38.2 Å². The molecule has 0 N–H and O–H groups in total. The second-order valence-electron chi connectivity index (χ2n) is 12.1. The number of alkyl halides is 6. The molecule has 0 bridgehead atoms. The molecule has 1 saturated heterocycles. The molecule has 5 rings (SSSR count). The minimum absolute atomic E-state index is 0.0331. The zero-order valence-corrected chi connectivity index (χ0v) is 29.1. The van der Waals surface area contributed by atoms with E-state index in [1.54, 1.807) is 32.0 Å². The average molecular weight is 753 g/mol. The van der Waals surface area contributed by atoms with Gasteiger partial charge in [-0.2, -0.15) is 26.3 Å². The van der Waals surface area contributed by atoms with Gasteiger partial charge in [-0.05, 0) is 79.4 Å². The maximum absolute atomic E-state index is 13.6. The first-order chi connectivity index (χ1) is 24.1. The molecule has 2 aromatic carbocycles. The summed E-state index contributed by atoms with van der Waals surface area (Å²) in [5, 5.41) is -0.621. The zero-order chi connectivity index (χ0) is 38.5. The number of methoxy groups -OCH3 is 2. The highest BCUT2D eigenvalue weighted by molar-refractivity contribution is 7.90. The van der Waals surface area contributed by atoms with E-state index in [-0.39, 0.29) is 28.8 Å². The van der Waals surface area contributed by atoms with Gasteiger partial charge in [-0.25, -0.2) is 33.0 Å². The molecule has 2 aromatic heterocycles. The third-order valence-corrected chi connectivity index (χ3v) is 9.27. The molecule has 276 valence electrons. The summed E-state index contributed by atoms with van der Waals surface area (Å²) in [7, 11) is -1.44. The van der Waals surface area contributed by atoms with Gasteiger partial charge in [-0.15, -0.1) is 0 Å². The molecular formula is C34H30F6N4O7S. The minimum atomic E-state index is -5.14. The fourth-order valence-corrected chi connectivity index (χ4v) is 6.51. The van der Waals surface area contributed by atoms with E-state index < -0.39 is 74.8 Å². The Bertz CT molecular complexity index is 2140. The average Bonchev–Trinajstić information content (AvgIpc) is 3.34. The second kappa shape index (κ2) is 13.7. The highest BCUT2D eigenvalue weighted by Crippen LogP contribution is 2.42. The number of cyclic esters (lactones) is 1. The maximum atomic E-state index is 13.6. The Labute approximate surface area is 293 Å². The van der Waals surface area contributed by atoms with Gasteiger partial charge < -0.3 is 14.2 Å². The SMILES string of the molecule is COC(=O)c1cc(C)c(-c2cnc(OC)c(-c3cnc(S(C)(=O)=O)nc3CN3C(=O)OC(c4cc(C(F)(F)F)cc(C(F)(F)F)c4)C3C)c2)c(C)c1. The zero-order valence-electron chi connectivity index (χ0n) is 28.3. The fraction of sp³-hybridized carbons (Fsp3) is 0.324. The van der Waals surface area contributed by atoms with Crippen LogP contribution in [0.2, 0.25) is 0 Å². The highest BCUT2D eigenvalue weighted by Gasteiger charge is 2.44. The molecule has 2 unspecified atom stereocenters. The molecule has 1 amide bonds. The van der Waals surface area contributed by atoms with Gasteiger partial charge in [0.05, 0.1) is 49.2 Å². The van der Waals surface area contributed by atoms with Gasteiger partial charge >= 0.3 is 24.4 Å². The van der Waals surface area contributed by atoms with E-state index >= 15 is 0 Å².